The van der Waals surface area contributed by atoms with Crippen LogP contribution in [0.25, 0.3) is 10.9 Å². The molecule has 0 fully saturated rings. The second-order valence-electron chi connectivity index (χ2n) is 7.92. The van der Waals surface area contributed by atoms with Crippen molar-refractivity contribution in [3.05, 3.63) is 65.1 Å². The summed E-state index contributed by atoms with van der Waals surface area (Å²) in [5.74, 6) is -0.527. The minimum atomic E-state index is -0.932. The molecule has 2 N–H and O–H groups in total. The highest BCUT2D eigenvalue weighted by Crippen LogP contribution is 2.33. The number of hydrogen-bond acceptors (Lipinski definition) is 3. The van der Waals surface area contributed by atoms with Crippen LogP contribution in [0.1, 0.15) is 29.7 Å². The minimum Gasteiger partial charge on any atom is -0.497 e. The Kier molecular flexibility index (Phi) is 5.93. The van der Waals surface area contributed by atoms with Crippen LogP contribution >= 0.6 is 0 Å². The molecule has 1 amide bonds. The average Bonchev–Trinajstić information content (AvgIpc) is 3.04. The summed E-state index contributed by atoms with van der Waals surface area (Å²) in [6, 6.07) is 12.0. The van der Waals surface area contributed by atoms with Crippen LogP contribution in [0, 0.1) is 5.82 Å². The molecule has 1 aromatic heterocycles. The zero-order valence-electron chi connectivity index (χ0n) is 17.4. The van der Waals surface area contributed by atoms with Crippen molar-refractivity contribution in [1.82, 2.24) is 9.88 Å². The van der Waals surface area contributed by atoms with E-state index in [1.807, 2.05) is 24.3 Å². The third kappa shape index (κ3) is 4.55. The van der Waals surface area contributed by atoms with Crippen LogP contribution in [-0.4, -0.2) is 34.7 Å². The van der Waals surface area contributed by atoms with E-state index in [9.17, 15) is 19.1 Å². The number of carboxylic acid groups (broad SMARTS) is 1. The van der Waals surface area contributed by atoms with Gasteiger partial charge in [0.2, 0.25) is 5.91 Å². The van der Waals surface area contributed by atoms with Crippen molar-refractivity contribution < 1.29 is 23.8 Å². The number of aryl methyl sites for hydroxylation is 1. The van der Waals surface area contributed by atoms with Crippen LogP contribution in [0.4, 0.5) is 4.39 Å². The van der Waals surface area contributed by atoms with Gasteiger partial charge in [0, 0.05) is 29.1 Å². The zero-order valence-corrected chi connectivity index (χ0v) is 17.4. The van der Waals surface area contributed by atoms with Crippen molar-refractivity contribution in [2.24, 2.45) is 0 Å². The largest absolute Gasteiger partial charge is 0.497 e. The molecule has 1 aliphatic carbocycles. The molecule has 0 radical (unpaired) electrons. The molecule has 0 aliphatic heterocycles. The first kappa shape index (κ1) is 20.9. The highest BCUT2D eigenvalue weighted by Gasteiger charge is 2.27. The number of fused-ring (bicyclic) bond motifs is 3. The molecule has 0 bridgehead atoms. The Morgan fingerprint density at radius 2 is 2.00 bits per heavy atom. The molecule has 31 heavy (non-hydrogen) atoms. The van der Waals surface area contributed by atoms with E-state index in [0.717, 1.165) is 39.9 Å². The lowest BCUT2D eigenvalue weighted by Gasteiger charge is -2.25. The number of rotatable bonds is 7. The van der Waals surface area contributed by atoms with E-state index in [0.29, 0.717) is 25.7 Å². The van der Waals surface area contributed by atoms with Gasteiger partial charge in [-0.3, -0.25) is 9.59 Å². The summed E-state index contributed by atoms with van der Waals surface area (Å²) in [6.07, 6.45) is 2.94. The molecular weight excluding hydrogens is 399 g/mol. The average molecular weight is 424 g/mol. The van der Waals surface area contributed by atoms with Gasteiger partial charge >= 0.3 is 5.97 Å². The third-order valence-electron chi connectivity index (χ3n) is 5.89. The molecule has 3 aromatic rings. The van der Waals surface area contributed by atoms with Gasteiger partial charge in [0.05, 0.1) is 7.11 Å². The first-order chi connectivity index (χ1) is 14.9. The number of amides is 1. The Bertz CT molecular complexity index is 1120. The molecule has 0 spiro atoms. The summed E-state index contributed by atoms with van der Waals surface area (Å²) in [5, 5.41) is 13.1. The van der Waals surface area contributed by atoms with Gasteiger partial charge in [0.15, 0.2) is 0 Å². The number of ether oxygens (including phenoxy) is 1. The molecule has 1 aliphatic rings. The van der Waals surface area contributed by atoms with E-state index >= 15 is 0 Å². The monoisotopic (exact) mass is 424 g/mol. The quantitative estimate of drug-likeness (QED) is 0.609. The number of carboxylic acids is 1. The molecule has 0 saturated heterocycles. The number of nitrogens with zero attached hydrogens (tertiary/aromatic N) is 1. The first-order valence-electron chi connectivity index (χ1n) is 10.4. The fraction of sp³-hybridized carbons (Fsp3) is 0.333. The van der Waals surface area contributed by atoms with Crippen LogP contribution in [0.3, 0.4) is 0 Å². The van der Waals surface area contributed by atoms with Crippen molar-refractivity contribution in [3.8, 4) is 5.75 Å². The van der Waals surface area contributed by atoms with Crippen molar-refractivity contribution >= 4 is 22.8 Å². The molecule has 0 unspecified atom stereocenters. The first-order valence-corrected chi connectivity index (χ1v) is 10.4. The van der Waals surface area contributed by atoms with Crippen LogP contribution in [0.5, 0.6) is 5.75 Å². The summed E-state index contributed by atoms with van der Waals surface area (Å²) < 4.78 is 20.8. The second kappa shape index (κ2) is 8.79. The third-order valence-corrected chi connectivity index (χ3v) is 5.89. The predicted octanol–water partition coefficient (Wildman–Crippen LogP) is 3.48. The summed E-state index contributed by atoms with van der Waals surface area (Å²) in [6.45, 7) is -0.156. The summed E-state index contributed by atoms with van der Waals surface area (Å²) >= 11 is 0. The molecule has 1 atom stereocenters. The molecule has 162 valence electrons. The predicted molar refractivity (Wildman–Crippen MR) is 115 cm³/mol. The lowest BCUT2D eigenvalue weighted by atomic mass is 9.91. The molecule has 4 rings (SSSR count). The Morgan fingerprint density at radius 1 is 1.23 bits per heavy atom. The fourth-order valence-electron chi connectivity index (χ4n) is 4.41. The standard InChI is InChI=1S/C24H25FN2O4/c1-31-18-7-2-15(3-8-18)4-11-23(28)26-17-6-10-22-20(13-17)19-12-16(25)5-9-21(19)27(22)14-24(29)30/h2-3,5,7-9,12,17H,4,6,10-11,13-14H2,1H3,(H,26,28)(H,29,30)/t17-/m0/s1. The topological polar surface area (TPSA) is 80.6 Å². The van der Waals surface area contributed by atoms with E-state index in [2.05, 4.69) is 5.32 Å². The Labute approximate surface area is 179 Å². The van der Waals surface area contributed by atoms with Gasteiger partial charge in [-0.05, 0) is 67.1 Å². The van der Waals surface area contributed by atoms with Gasteiger partial charge in [-0.15, -0.1) is 0 Å². The SMILES string of the molecule is COc1ccc(CCC(=O)N[C@H]2CCc3c(c4cc(F)ccc4n3CC(=O)O)C2)cc1. The van der Waals surface area contributed by atoms with Gasteiger partial charge < -0.3 is 19.7 Å². The maximum atomic E-state index is 13.9. The van der Waals surface area contributed by atoms with Crippen LogP contribution in [0.2, 0.25) is 0 Å². The van der Waals surface area contributed by atoms with E-state index < -0.39 is 5.97 Å². The number of benzene rings is 2. The number of halogens is 1. The maximum absolute atomic E-state index is 13.9. The van der Waals surface area contributed by atoms with Crippen molar-refractivity contribution in [2.45, 2.75) is 44.7 Å². The van der Waals surface area contributed by atoms with Crippen molar-refractivity contribution in [1.29, 1.82) is 0 Å². The number of carbonyl (C=O) groups is 2. The number of nitrogens with one attached hydrogen (secondary N) is 1. The van der Waals surface area contributed by atoms with Crippen LogP contribution in [0.15, 0.2) is 42.5 Å². The number of aliphatic carboxylic acids is 1. The molecular formula is C24H25FN2O4. The lowest BCUT2D eigenvalue weighted by molar-refractivity contribution is -0.137. The number of hydrogen-bond donors (Lipinski definition) is 2. The smallest absolute Gasteiger partial charge is 0.323 e. The Balaban J connectivity index is 1.45. The van der Waals surface area contributed by atoms with Gasteiger partial charge in [-0.2, -0.15) is 0 Å². The van der Waals surface area contributed by atoms with Gasteiger partial charge in [0.1, 0.15) is 18.1 Å². The minimum absolute atomic E-state index is 0.0234. The zero-order chi connectivity index (χ0) is 22.0. The van der Waals surface area contributed by atoms with E-state index in [1.54, 1.807) is 17.7 Å². The van der Waals surface area contributed by atoms with Crippen molar-refractivity contribution in [3.63, 3.8) is 0 Å². The van der Waals surface area contributed by atoms with E-state index in [4.69, 9.17) is 4.74 Å². The highest BCUT2D eigenvalue weighted by molar-refractivity contribution is 5.87. The molecule has 2 aromatic carbocycles. The molecule has 1 heterocycles. The highest BCUT2D eigenvalue weighted by atomic mass is 19.1. The molecule has 0 saturated carbocycles. The number of methoxy groups -OCH3 is 1. The van der Waals surface area contributed by atoms with E-state index in [1.165, 1.54) is 12.1 Å². The summed E-state index contributed by atoms with van der Waals surface area (Å²) in [7, 11) is 1.62. The number of carbonyl (C=O) groups excluding carboxylic acids is 1. The molecule has 7 heteroatoms. The van der Waals surface area contributed by atoms with Gasteiger partial charge in [-0.25, -0.2) is 4.39 Å². The van der Waals surface area contributed by atoms with Crippen molar-refractivity contribution in [2.75, 3.05) is 7.11 Å². The Hall–Kier alpha value is -3.35. The summed E-state index contributed by atoms with van der Waals surface area (Å²) in [4.78, 5) is 23.8. The lowest BCUT2D eigenvalue weighted by Crippen LogP contribution is -2.39. The number of aromatic nitrogens is 1. The Morgan fingerprint density at radius 3 is 2.71 bits per heavy atom. The second-order valence-corrected chi connectivity index (χ2v) is 7.92. The maximum Gasteiger partial charge on any atom is 0.323 e. The van der Waals surface area contributed by atoms with E-state index in [-0.39, 0.29) is 24.3 Å². The van der Waals surface area contributed by atoms with Gasteiger partial charge in [-0.1, -0.05) is 12.1 Å². The normalized spacial score (nSPS) is 15.5. The van der Waals surface area contributed by atoms with Gasteiger partial charge in [0.25, 0.3) is 0 Å². The van der Waals surface area contributed by atoms with Crippen LogP contribution in [-0.2, 0) is 35.4 Å². The molecule has 6 nitrogen and oxygen atoms in total. The fourth-order valence-corrected chi connectivity index (χ4v) is 4.41. The summed E-state index contributed by atoms with van der Waals surface area (Å²) in [5.41, 5.74) is 3.64. The van der Waals surface area contributed by atoms with Crippen LogP contribution < -0.4 is 10.1 Å².